The van der Waals surface area contributed by atoms with Crippen LogP contribution >= 0.6 is 0 Å². The van der Waals surface area contributed by atoms with Gasteiger partial charge >= 0.3 is 0 Å². The van der Waals surface area contributed by atoms with Gasteiger partial charge in [-0.25, -0.2) is 0 Å². The fourth-order valence-corrected chi connectivity index (χ4v) is 3.65. The van der Waals surface area contributed by atoms with Crippen molar-refractivity contribution in [3.05, 3.63) is 52.8 Å². The van der Waals surface area contributed by atoms with Crippen molar-refractivity contribution in [2.24, 2.45) is 0 Å². The second-order valence-corrected chi connectivity index (χ2v) is 6.56. The minimum Gasteiger partial charge on any atom is -0.394 e. The summed E-state index contributed by atoms with van der Waals surface area (Å²) in [5.74, 6) is 0.701. The molecule has 0 spiro atoms. The van der Waals surface area contributed by atoms with E-state index in [4.69, 9.17) is 5.11 Å². The number of piperidine rings is 1. The molecule has 1 N–H and O–H groups in total. The molecule has 2 heterocycles. The third-order valence-corrected chi connectivity index (χ3v) is 5.08. The van der Waals surface area contributed by atoms with Crippen LogP contribution in [0.15, 0.2) is 30.3 Å². The monoisotopic (exact) mass is 313 g/mol. The fraction of sp³-hybridized carbons (Fsp3) is 0.526. The zero-order valence-electron chi connectivity index (χ0n) is 14.2. The van der Waals surface area contributed by atoms with Crippen LogP contribution in [0.5, 0.6) is 0 Å². The molecular formula is C19H27N3O. The van der Waals surface area contributed by atoms with Crippen molar-refractivity contribution in [3.63, 3.8) is 0 Å². The molecule has 4 nitrogen and oxygen atoms in total. The van der Waals surface area contributed by atoms with Gasteiger partial charge in [0.15, 0.2) is 0 Å². The first-order valence-electron chi connectivity index (χ1n) is 8.60. The van der Waals surface area contributed by atoms with Crippen molar-refractivity contribution >= 4 is 0 Å². The van der Waals surface area contributed by atoms with Gasteiger partial charge in [-0.1, -0.05) is 30.3 Å². The van der Waals surface area contributed by atoms with Crippen LogP contribution in [0.1, 0.15) is 41.3 Å². The lowest BCUT2D eigenvalue weighted by Crippen LogP contribution is -2.32. The van der Waals surface area contributed by atoms with Crippen molar-refractivity contribution in [2.45, 2.75) is 45.7 Å². The smallest absolute Gasteiger partial charge is 0.0644 e. The third kappa shape index (κ3) is 3.65. The van der Waals surface area contributed by atoms with E-state index in [0.717, 1.165) is 25.3 Å². The number of aliphatic hydroxyl groups excluding tert-OH is 1. The highest BCUT2D eigenvalue weighted by Gasteiger charge is 2.22. The Labute approximate surface area is 138 Å². The number of rotatable bonds is 5. The van der Waals surface area contributed by atoms with Crippen molar-refractivity contribution in [3.8, 4) is 0 Å². The van der Waals surface area contributed by atoms with E-state index in [1.807, 2.05) is 4.68 Å². The molecule has 1 aliphatic heterocycles. The Bertz CT molecular complexity index is 628. The van der Waals surface area contributed by atoms with Crippen LogP contribution in [0, 0.1) is 13.8 Å². The summed E-state index contributed by atoms with van der Waals surface area (Å²) in [7, 11) is 0. The molecule has 1 aromatic heterocycles. The van der Waals surface area contributed by atoms with E-state index in [1.165, 1.54) is 29.7 Å². The third-order valence-electron chi connectivity index (χ3n) is 5.08. The molecule has 4 heteroatoms. The molecule has 0 radical (unpaired) electrons. The number of aromatic nitrogens is 2. The van der Waals surface area contributed by atoms with E-state index in [2.05, 4.69) is 54.2 Å². The average Bonchev–Trinajstić information content (AvgIpc) is 2.84. The molecule has 0 bridgehead atoms. The van der Waals surface area contributed by atoms with E-state index < -0.39 is 0 Å². The van der Waals surface area contributed by atoms with Gasteiger partial charge in [0.05, 0.1) is 18.8 Å². The average molecular weight is 313 g/mol. The first-order valence-corrected chi connectivity index (χ1v) is 8.60. The van der Waals surface area contributed by atoms with Crippen molar-refractivity contribution < 1.29 is 5.11 Å². The highest BCUT2D eigenvalue weighted by Crippen LogP contribution is 2.29. The normalized spacial score (nSPS) is 16.8. The zero-order chi connectivity index (χ0) is 16.2. The van der Waals surface area contributed by atoms with Gasteiger partial charge in [-0.2, -0.15) is 5.10 Å². The van der Waals surface area contributed by atoms with E-state index in [-0.39, 0.29) is 6.61 Å². The van der Waals surface area contributed by atoms with Crippen LogP contribution < -0.4 is 0 Å². The zero-order valence-corrected chi connectivity index (χ0v) is 14.2. The highest BCUT2D eigenvalue weighted by atomic mass is 16.3. The molecule has 0 saturated carbocycles. The SMILES string of the molecule is Cc1nn(CCO)c(C)c1CN1CCC(c2ccccc2)CC1. The molecule has 0 unspecified atom stereocenters. The largest absolute Gasteiger partial charge is 0.394 e. The Morgan fingerprint density at radius 1 is 1.13 bits per heavy atom. The molecule has 2 aromatic rings. The summed E-state index contributed by atoms with van der Waals surface area (Å²) >= 11 is 0. The van der Waals surface area contributed by atoms with Gasteiger partial charge in [0.2, 0.25) is 0 Å². The minimum absolute atomic E-state index is 0.143. The summed E-state index contributed by atoms with van der Waals surface area (Å²) in [6.07, 6.45) is 2.46. The van der Waals surface area contributed by atoms with Gasteiger partial charge in [-0.15, -0.1) is 0 Å². The lowest BCUT2D eigenvalue weighted by molar-refractivity contribution is 0.204. The van der Waals surface area contributed by atoms with Crippen LogP contribution in [0.4, 0.5) is 0 Å². The molecule has 1 fully saturated rings. The summed E-state index contributed by atoms with van der Waals surface area (Å²) in [6, 6.07) is 10.9. The topological polar surface area (TPSA) is 41.3 Å². The van der Waals surface area contributed by atoms with Gasteiger partial charge < -0.3 is 5.11 Å². The number of likely N-dealkylation sites (tertiary alicyclic amines) is 1. The van der Waals surface area contributed by atoms with E-state index in [9.17, 15) is 0 Å². The molecule has 23 heavy (non-hydrogen) atoms. The lowest BCUT2D eigenvalue weighted by Gasteiger charge is -2.32. The Balaban J connectivity index is 1.61. The summed E-state index contributed by atoms with van der Waals surface area (Å²) < 4.78 is 1.93. The lowest BCUT2D eigenvalue weighted by atomic mass is 9.89. The maximum Gasteiger partial charge on any atom is 0.0644 e. The Morgan fingerprint density at radius 3 is 2.48 bits per heavy atom. The van der Waals surface area contributed by atoms with Crippen LogP contribution in [-0.2, 0) is 13.1 Å². The van der Waals surface area contributed by atoms with Gasteiger partial charge in [0, 0.05) is 17.8 Å². The summed E-state index contributed by atoms with van der Waals surface area (Å²) in [6.45, 7) is 8.18. The standard InChI is InChI=1S/C19H27N3O/c1-15-19(16(2)22(20-15)12-13-23)14-21-10-8-18(9-11-21)17-6-4-3-5-7-17/h3-7,18,23H,8-14H2,1-2H3. The summed E-state index contributed by atoms with van der Waals surface area (Å²) in [5, 5.41) is 13.7. The first kappa shape index (κ1) is 16.2. The summed E-state index contributed by atoms with van der Waals surface area (Å²) in [5.41, 5.74) is 5.11. The second kappa shape index (κ2) is 7.28. The number of hydrogen-bond acceptors (Lipinski definition) is 3. The van der Waals surface area contributed by atoms with Crippen molar-refractivity contribution in [1.82, 2.24) is 14.7 Å². The molecule has 124 valence electrons. The molecular weight excluding hydrogens is 286 g/mol. The number of benzene rings is 1. The molecule has 0 atom stereocenters. The molecule has 1 saturated heterocycles. The van der Waals surface area contributed by atoms with Crippen LogP contribution in [0.2, 0.25) is 0 Å². The van der Waals surface area contributed by atoms with E-state index >= 15 is 0 Å². The fourth-order valence-electron chi connectivity index (χ4n) is 3.65. The number of hydrogen-bond donors (Lipinski definition) is 1. The van der Waals surface area contributed by atoms with Crippen LogP contribution in [-0.4, -0.2) is 39.5 Å². The Hall–Kier alpha value is -1.65. The maximum absolute atomic E-state index is 9.13. The second-order valence-electron chi connectivity index (χ2n) is 6.56. The molecule has 1 aromatic carbocycles. The molecule has 3 rings (SSSR count). The quantitative estimate of drug-likeness (QED) is 0.923. The van der Waals surface area contributed by atoms with Gasteiger partial charge in [-0.05, 0) is 51.3 Å². The Kier molecular flexibility index (Phi) is 5.13. The molecule has 0 amide bonds. The maximum atomic E-state index is 9.13. The van der Waals surface area contributed by atoms with E-state index in [1.54, 1.807) is 0 Å². The molecule has 0 aliphatic carbocycles. The number of nitrogens with zero attached hydrogens (tertiary/aromatic N) is 3. The first-order chi connectivity index (χ1) is 11.2. The van der Waals surface area contributed by atoms with Crippen molar-refractivity contribution in [1.29, 1.82) is 0 Å². The predicted molar refractivity (Wildman–Crippen MR) is 92.5 cm³/mol. The van der Waals surface area contributed by atoms with Gasteiger partial charge in [0.1, 0.15) is 0 Å². The number of aliphatic hydroxyl groups is 1. The number of aryl methyl sites for hydroxylation is 1. The Morgan fingerprint density at radius 2 is 1.83 bits per heavy atom. The van der Waals surface area contributed by atoms with Gasteiger partial charge in [0.25, 0.3) is 0 Å². The van der Waals surface area contributed by atoms with Crippen LogP contribution in [0.3, 0.4) is 0 Å². The van der Waals surface area contributed by atoms with Gasteiger partial charge in [-0.3, -0.25) is 9.58 Å². The highest BCUT2D eigenvalue weighted by molar-refractivity contribution is 5.25. The predicted octanol–water partition coefficient (Wildman–Crippen LogP) is 2.87. The molecule has 1 aliphatic rings. The summed E-state index contributed by atoms with van der Waals surface area (Å²) in [4.78, 5) is 2.54. The van der Waals surface area contributed by atoms with Crippen molar-refractivity contribution in [2.75, 3.05) is 19.7 Å². The minimum atomic E-state index is 0.143. The van der Waals surface area contributed by atoms with Crippen LogP contribution in [0.25, 0.3) is 0 Å². The van der Waals surface area contributed by atoms with E-state index in [0.29, 0.717) is 12.5 Å².